The van der Waals surface area contributed by atoms with Gasteiger partial charge in [0.15, 0.2) is 0 Å². The Morgan fingerprint density at radius 2 is 1.85 bits per heavy atom. The van der Waals surface area contributed by atoms with Crippen molar-refractivity contribution < 1.29 is 9.90 Å². The molecule has 2 aromatic rings. The number of hydrogen-bond acceptors (Lipinski definition) is 4. The maximum atomic E-state index is 13.3. The van der Waals surface area contributed by atoms with E-state index in [1.165, 1.54) is 0 Å². The smallest absolute Gasteiger partial charge is 0.256 e. The van der Waals surface area contributed by atoms with Gasteiger partial charge in [-0.2, -0.15) is 0 Å². The minimum absolute atomic E-state index is 0.0794. The molecule has 2 bridgehead atoms. The quantitative estimate of drug-likeness (QED) is 0.888. The van der Waals surface area contributed by atoms with Crippen molar-refractivity contribution in [2.75, 3.05) is 5.32 Å². The summed E-state index contributed by atoms with van der Waals surface area (Å²) >= 11 is 0. The van der Waals surface area contributed by atoms with Crippen molar-refractivity contribution >= 4 is 11.6 Å². The van der Waals surface area contributed by atoms with E-state index in [4.69, 9.17) is 0 Å². The summed E-state index contributed by atoms with van der Waals surface area (Å²) in [5.74, 6) is 0.0794. The number of aliphatic hydroxyl groups excluding tert-OH is 1. The molecule has 0 aliphatic carbocycles. The van der Waals surface area contributed by atoms with Gasteiger partial charge < -0.3 is 15.3 Å². The Morgan fingerprint density at radius 3 is 2.58 bits per heavy atom. The second kappa shape index (κ2) is 7.46. The van der Waals surface area contributed by atoms with E-state index in [0.29, 0.717) is 24.9 Å². The van der Waals surface area contributed by atoms with Crippen LogP contribution in [0.3, 0.4) is 0 Å². The van der Waals surface area contributed by atoms with Crippen LogP contribution in [0.5, 0.6) is 0 Å². The topological polar surface area (TPSA) is 65.5 Å². The van der Waals surface area contributed by atoms with Crippen LogP contribution in [-0.4, -0.2) is 39.1 Å². The molecule has 26 heavy (non-hydrogen) atoms. The highest BCUT2D eigenvalue weighted by molar-refractivity contribution is 6.00. The SMILES string of the molecule is O=C(c1ccccc1NCc1ccccn1)N1[C@@H]2CCC[C@H]1CC(O)C2. The van der Waals surface area contributed by atoms with Crippen LogP contribution in [0, 0.1) is 0 Å². The zero-order chi connectivity index (χ0) is 17.9. The van der Waals surface area contributed by atoms with E-state index in [1.54, 1.807) is 6.20 Å². The minimum Gasteiger partial charge on any atom is -0.393 e. The minimum atomic E-state index is -0.271. The number of carbonyl (C=O) groups excluding carboxylic acids is 1. The van der Waals surface area contributed by atoms with Crippen LogP contribution < -0.4 is 5.32 Å². The molecule has 2 aliphatic heterocycles. The average molecular weight is 351 g/mol. The Labute approximate surface area is 154 Å². The molecule has 1 aromatic carbocycles. The molecular formula is C21H25N3O2. The van der Waals surface area contributed by atoms with E-state index in [0.717, 1.165) is 30.6 Å². The van der Waals surface area contributed by atoms with Crippen molar-refractivity contribution in [3.63, 3.8) is 0 Å². The van der Waals surface area contributed by atoms with Gasteiger partial charge in [0.1, 0.15) is 0 Å². The Bertz CT molecular complexity index is 751. The highest BCUT2D eigenvalue weighted by Gasteiger charge is 2.40. The Balaban J connectivity index is 1.55. The third kappa shape index (κ3) is 3.44. The van der Waals surface area contributed by atoms with Crippen LogP contribution >= 0.6 is 0 Å². The van der Waals surface area contributed by atoms with Gasteiger partial charge in [0, 0.05) is 24.0 Å². The first-order valence-corrected chi connectivity index (χ1v) is 9.46. The molecule has 2 fully saturated rings. The van der Waals surface area contributed by atoms with Crippen LogP contribution in [0.25, 0.3) is 0 Å². The second-order valence-electron chi connectivity index (χ2n) is 7.30. The van der Waals surface area contributed by atoms with Crippen molar-refractivity contribution in [3.05, 3.63) is 59.9 Å². The Kier molecular flexibility index (Phi) is 4.89. The van der Waals surface area contributed by atoms with Crippen LogP contribution in [0.2, 0.25) is 0 Å². The molecule has 2 aliphatic rings. The van der Waals surface area contributed by atoms with Gasteiger partial charge in [0.05, 0.1) is 23.9 Å². The lowest BCUT2D eigenvalue weighted by atomic mass is 9.82. The number of anilines is 1. The number of piperidine rings is 2. The standard InChI is InChI=1S/C21H25N3O2/c25-18-12-16-7-5-8-17(13-18)24(16)21(26)19-9-1-2-10-20(19)23-14-15-6-3-4-11-22-15/h1-4,6,9-11,16-18,23,25H,5,7-8,12-14H2/t16-,17+,18?. The Morgan fingerprint density at radius 1 is 1.12 bits per heavy atom. The highest BCUT2D eigenvalue weighted by Crippen LogP contribution is 2.36. The van der Waals surface area contributed by atoms with Gasteiger partial charge in [-0.1, -0.05) is 18.2 Å². The summed E-state index contributed by atoms with van der Waals surface area (Å²) in [6.07, 6.45) is 6.02. The van der Waals surface area contributed by atoms with E-state index in [-0.39, 0.29) is 24.1 Å². The molecule has 3 heterocycles. The summed E-state index contributed by atoms with van der Waals surface area (Å²) in [6.45, 7) is 0.580. The zero-order valence-corrected chi connectivity index (χ0v) is 14.8. The van der Waals surface area contributed by atoms with E-state index in [2.05, 4.69) is 10.3 Å². The molecule has 5 heteroatoms. The van der Waals surface area contributed by atoms with E-state index in [9.17, 15) is 9.90 Å². The van der Waals surface area contributed by atoms with Gasteiger partial charge in [0.25, 0.3) is 5.91 Å². The summed E-state index contributed by atoms with van der Waals surface area (Å²) in [7, 11) is 0. The molecule has 0 spiro atoms. The fraction of sp³-hybridized carbons (Fsp3) is 0.429. The summed E-state index contributed by atoms with van der Waals surface area (Å²) in [5.41, 5.74) is 2.48. The molecule has 0 saturated carbocycles. The molecule has 2 saturated heterocycles. The summed E-state index contributed by atoms with van der Waals surface area (Å²) in [6, 6.07) is 13.8. The second-order valence-corrected chi connectivity index (χ2v) is 7.30. The summed E-state index contributed by atoms with van der Waals surface area (Å²) < 4.78 is 0. The molecule has 3 atom stereocenters. The molecule has 5 nitrogen and oxygen atoms in total. The molecule has 1 aromatic heterocycles. The van der Waals surface area contributed by atoms with Crippen molar-refractivity contribution in [2.24, 2.45) is 0 Å². The summed E-state index contributed by atoms with van der Waals surface area (Å²) in [4.78, 5) is 19.7. The molecule has 0 radical (unpaired) electrons. The normalized spacial score (nSPS) is 25.0. The number of fused-ring (bicyclic) bond motifs is 2. The van der Waals surface area contributed by atoms with Crippen LogP contribution in [0.15, 0.2) is 48.7 Å². The number of pyridine rings is 1. The van der Waals surface area contributed by atoms with Gasteiger partial charge in [-0.3, -0.25) is 9.78 Å². The highest BCUT2D eigenvalue weighted by atomic mass is 16.3. The molecular weight excluding hydrogens is 326 g/mol. The van der Waals surface area contributed by atoms with Crippen LogP contribution in [-0.2, 0) is 6.54 Å². The van der Waals surface area contributed by atoms with E-state index in [1.807, 2.05) is 47.4 Å². The van der Waals surface area contributed by atoms with Gasteiger partial charge in [-0.05, 0) is 56.4 Å². The fourth-order valence-corrected chi connectivity index (χ4v) is 4.34. The first-order chi connectivity index (χ1) is 12.7. The van der Waals surface area contributed by atoms with Gasteiger partial charge in [0.2, 0.25) is 0 Å². The third-order valence-corrected chi connectivity index (χ3v) is 5.53. The lowest BCUT2D eigenvalue weighted by Gasteiger charge is -2.48. The Hall–Kier alpha value is -2.40. The van der Waals surface area contributed by atoms with Crippen LogP contribution in [0.1, 0.15) is 48.2 Å². The molecule has 4 rings (SSSR count). The monoisotopic (exact) mass is 351 g/mol. The number of para-hydroxylation sites is 1. The number of aliphatic hydroxyl groups is 1. The maximum Gasteiger partial charge on any atom is 0.256 e. The lowest BCUT2D eigenvalue weighted by Crippen LogP contribution is -2.55. The molecule has 1 amide bonds. The first kappa shape index (κ1) is 17.0. The first-order valence-electron chi connectivity index (χ1n) is 9.46. The summed E-state index contributed by atoms with van der Waals surface area (Å²) in [5, 5.41) is 13.5. The number of rotatable bonds is 4. The molecule has 136 valence electrons. The largest absolute Gasteiger partial charge is 0.393 e. The van der Waals surface area contributed by atoms with Crippen molar-refractivity contribution in [1.29, 1.82) is 0 Å². The number of aromatic nitrogens is 1. The predicted octanol–water partition coefficient (Wildman–Crippen LogP) is 3.21. The van der Waals surface area contributed by atoms with Crippen molar-refractivity contribution in [3.8, 4) is 0 Å². The van der Waals surface area contributed by atoms with Crippen LogP contribution in [0.4, 0.5) is 5.69 Å². The van der Waals surface area contributed by atoms with E-state index < -0.39 is 0 Å². The number of carbonyl (C=O) groups is 1. The van der Waals surface area contributed by atoms with Crippen molar-refractivity contribution in [2.45, 2.75) is 56.8 Å². The number of hydrogen-bond donors (Lipinski definition) is 2. The molecule has 2 N–H and O–H groups in total. The van der Waals surface area contributed by atoms with Gasteiger partial charge in [-0.25, -0.2) is 0 Å². The lowest BCUT2D eigenvalue weighted by molar-refractivity contribution is -0.0150. The van der Waals surface area contributed by atoms with Crippen molar-refractivity contribution in [1.82, 2.24) is 9.88 Å². The third-order valence-electron chi connectivity index (χ3n) is 5.53. The predicted molar refractivity (Wildman–Crippen MR) is 101 cm³/mol. The average Bonchev–Trinajstić information content (AvgIpc) is 2.66. The number of benzene rings is 1. The number of nitrogens with one attached hydrogen (secondary N) is 1. The number of nitrogens with zero attached hydrogens (tertiary/aromatic N) is 2. The zero-order valence-electron chi connectivity index (χ0n) is 14.8. The fourth-order valence-electron chi connectivity index (χ4n) is 4.34. The maximum absolute atomic E-state index is 13.3. The molecule has 1 unspecified atom stereocenters. The number of amides is 1. The van der Waals surface area contributed by atoms with E-state index >= 15 is 0 Å². The van der Waals surface area contributed by atoms with Gasteiger partial charge >= 0.3 is 0 Å². The van der Waals surface area contributed by atoms with Gasteiger partial charge in [-0.15, -0.1) is 0 Å².